The second kappa shape index (κ2) is 8.32. The predicted molar refractivity (Wildman–Crippen MR) is 108 cm³/mol. The molecule has 0 bridgehead atoms. The molecule has 3 rings (SSSR count). The summed E-state index contributed by atoms with van der Waals surface area (Å²) in [4.78, 5) is 0.151. The summed E-state index contributed by atoms with van der Waals surface area (Å²) in [6.45, 7) is 2.49. The van der Waals surface area contributed by atoms with Gasteiger partial charge in [-0.05, 0) is 69.6 Å². The summed E-state index contributed by atoms with van der Waals surface area (Å²) in [5.41, 5.74) is 2.35. The molecule has 150 valence electrons. The molecule has 0 radical (unpaired) electrons. The topological polar surface area (TPSA) is 83.6 Å². The van der Waals surface area contributed by atoms with Crippen molar-refractivity contribution in [1.82, 2.24) is 4.72 Å². The molecule has 27 heavy (non-hydrogen) atoms. The first-order valence-corrected chi connectivity index (χ1v) is 12.7. The van der Waals surface area contributed by atoms with Gasteiger partial charge in [-0.25, -0.2) is 21.6 Å². The van der Waals surface area contributed by atoms with Crippen LogP contribution in [0.3, 0.4) is 0 Å². The van der Waals surface area contributed by atoms with Gasteiger partial charge < -0.3 is 0 Å². The molecule has 1 aromatic rings. The number of anilines is 1. The number of nitrogens with one attached hydrogen (secondary N) is 1. The van der Waals surface area contributed by atoms with Crippen LogP contribution in [0.25, 0.3) is 0 Å². The molecule has 1 heterocycles. The maximum absolute atomic E-state index is 12.8. The van der Waals surface area contributed by atoms with Crippen molar-refractivity contribution in [3.05, 3.63) is 35.4 Å². The monoisotopic (exact) mass is 412 g/mol. The van der Waals surface area contributed by atoms with Gasteiger partial charge in [0.25, 0.3) is 0 Å². The van der Waals surface area contributed by atoms with E-state index in [2.05, 4.69) is 10.8 Å². The van der Waals surface area contributed by atoms with E-state index in [9.17, 15) is 16.8 Å². The molecule has 6 nitrogen and oxygen atoms in total. The SMILES string of the molecule is Cc1ccc(N2CCCCS2(=O)=O)cc1S(=O)(=O)NCCC1=CCCCC1. The highest BCUT2D eigenvalue weighted by Crippen LogP contribution is 2.28. The van der Waals surface area contributed by atoms with E-state index in [1.165, 1.54) is 28.8 Å². The Morgan fingerprint density at radius 3 is 2.67 bits per heavy atom. The summed E-state index contributed by atoms with van der Waals surface area (Å²) >= 11 is 0. The Morgan fingerprint density at radius 2 is 1.96 bits per heavy atom. The Morgan fingerprint density at radius 1 is 1.15 bits per heavy atom. The van der Waals surface area contributed by atoms with E-state index in [1.54, 1.807) is 19.1 Å². The van der Waals surface area contributed by atoms with Crippen LogP contribution in [0, 0.1) is 6.92 Å². The number of allylic oxidation sites excluding steroid dienone is 1. The van der Waals surface area contributed by atoms with E-state index in [0.29, 0.717) is 30.8 Å². The van der Waals surface area contributed by atoms with Crippen LogP contribution < -0.4 is 9.03 Å². The number of rotatable bonds is 6. The Hall–Kier alpha value is -1.38. The summed E-state index contributed by atoms with van der Waals surface area (Å²) in [7, 11) is -7.06. The first-order chi connectivity index (χ1) is 12.8. The third-order valence-electron chi connectivity index (χ3n) is 5.22. The zero-order valence-electron chi connectivity index (χ0n) is 15.8. The first-order valence-electron chi connectivity index (χ1n) is 9.58. The third kappa shape index (κ3) is 4.92. The number of hydrogen-bond acceptors (Lipinski definition) is 4. The molecule has 1 aliphatic heterocycles. The van der Waals surface area contributed by atoms with Gasteiger partial charge in [0.15, 0.2) is 0 Å². The molecule has 1 N–H and O–H groups in total. The largest absolute Gasteiger partial charge is 0.270 e. The lowest BCUT2D eigenvalue weighted by Crippen LogP contribution is -2.38. The van der Waals surface area contributed by atoms with Crippen LogP contribution in [-0.2, 0) is 20.0 Å². The van der Waals surface area contributed by atoms with E-state index >= 15 is 0 Å². The highest BCUT2D eigenvalue weighted by Gasteiger charge is 2.27. The molecule has 2 aliphatic rings. The summed E-state index contributed by atoms with van der Waals surface area (Å²) in [6, 6.07) is 4.85. The Kier molecular flexibility index (Phi) is 6.28. The van der Waals surface area contributed by atoms with Crippen molar-refractivity contribution in [3.8, 4) is 0 Å². The number of sulfonamides is 2. The van der Waals surface area contributed by atoms with Crippen molar-refractivity contribution in [2.45, 2.75) is 56.8 Å². The molecule has 1 aromatic carbocycles. The zero-order valence-corrected chi connectivity index (χ0v) is 17.4. The van der Waals surface area contributed by atoms with Crippen LogP contribution >= 0.6 is 0 Å². The van der Waals surface area contributed by atoms with Crippen molar-refractivity contribution in [3.63, 3.8) is 0 Å². The highest BCUT2D eigenvalue weighted by molar-refractivity contribution is 7.92. The van der Waals surface area contributed by atoms with Crippen LogP contribution in [0.1, 0.15) is 50.5 Å². The van der Waals surface area contributed by atoms with Crippen molar-refractivity contribution in [2.24, 2.45) is 0 Å². The van der Waals surface area contributed by atoms with Crippen LogP contribution in [-0.4, -0.2) is 35.7 Å². The minimum atomic E-state index is -3.69. The van der Waals surface area contributed by atoms with Crippen molar-refractivity contribution >= 4 is 25.7 Å². The normalized spacial score (nSPS) is 20.3. The second-order valence-corrected chi connectivity index (χ2v) is 11.0. The average Bonchev–Trinajstić information content (AvgIpc) is 2.63. The molecule has 8 heteroatoms. The van der Waals surface area contributed by atoms with Crippen LogP contribution in [0.2, 0.25) is 0 Å². The average molecular weight is 413 g/mol. The lowest BCUT2D eigenvalue weighted by molar-refractivity contribution is 0.572. The number of nitrogens with zero attached hydrogens (tertiary/aromatic N) is 1. The van der Waals surface area contributed by atoms with Gasteiger partial charge in [-0.2, -0.15) is 0 Å². The predicted octanol–water partition coefficient (Wildman–Crippen LogP) is 3.09. The van der Waals surface area contributed by atoms with Gasteiger partial charge in [0, 0.05) is 13.1 Å². The lowest BCUT2D eigenvalue weighted by Gasteiger charge is -2.28. The zero-order chi connectivity index (χ0) is 19.5. The van der Waals surface area contributed by atoms with Gasteiger partial charge in [0.2, 0.25) is 20.0 Å². The van der Waals surface area contributed by atoms with Crippen LogP contribution in [0.5, 0.6) is 0 Å². The van der Waals surface area contributed by atoms with Gasteiger partial charge in [0.05, 0.1) is 16.3 Å². The summed E-state index contributed by atoms with van der Waals surface area (Å²) in [5, 5.41) is 0. The van der Waals surface area contributed by atoms with Gasteiger partial charge in [-0.15, -0.1) is 0 Å². The minimum absolute atomic E-state index is 0.107. The van der Waals surface area contributed by atoms with Gasteiger partial charge in [0.1, 0.15) is 0 Å². The quantitative estimate of drug-likeness (QED) is 0.728. The van der Waals surface area contributed by atoms with E-state index in [-0.39, 0.29) is 10.6 Å². The Balaban J connectivity index is 1.77. The van der Waals surface area contributed by atoms with E-state index in [1.807, 2.05) is 0 Å². The fourth-order valence-corrected chi connectivity index (χ4v) is 6.59. The maximum Gasteiger partial charge on any atom is 0.240 e. The lowest BCUT2D eigenvalue weighted by atomic mass is 9.97. The molecule has 0 spiro atoms. The van der Waals surface area contributed by atoms with Crippen molar-refractivity contribution in [2.75, 3.05) is 23.1 Å². The standard InChI is InChI=1S/C19H28N2O4S2/c1-16-9-10-18(21-13-5-6-14-26(21,22)23)15-19(16)27(24,25)20-12-11-17-7-3-2-4-8-17/h7,9-10,15,20H,2-6,8,11-14H2,1H3. The molecule has 0 saturated carbocycles. The summed E-state index contributed by atoms with van der Waals surface area (Å²) in [5.74, 6) is 0.107. The molecule has 1 saturated heterocycles. The van der Waals surface area contributed by atoms with Crippen LogP contribution in [0.4, 0.5) is 5.69 Å². The Bertz CT molecular complexity index is 921. The van der Waals surface area contributed by atoms with E-state index in [0.717, 1.165) is 25.7 Å². The molecule has 0 amide bonds. The summed E-state index contributed by atoms with van der Waals surface area (Å²) < 4.78 is 54.3. The third-order valence-corrected chi connectivity index (χ3v) is 8.69. The van der Waals surface area contributed by atoms with Crippen LogP contribution in [0.15, 0.2) is 34.7 Å². The molecular weight excluding hydrogens is 384 g/mol. The van der Waals surface area contributed by atoms with Gasteiger partial charge >= 0.3 is 0 Å². The van der Waals surface area contributed by atoms with E-state index in [4.69, 9.17) is 0 Å². The Labute approximate surface area is 162 Å². The van der Waals surface area contributed by atoms with Crippen molar-refractivity contribution < 1.29 is 16.8 Å². The molecule has 1 aliphatic carbocycles. The highest BCUT2D eigenvalue weighted by atomic mass is 32.2. The fourth-order valence-electron chi connectivity index (χ4n) is 3.67. The molecular formula is C19H28N2O4S2. The second-order valence-electron chi connectivity index (χ2n) is 7.30. The molecule has 0 atom stereocenters. The smallest absolute Gasteiger partial charge is 0.240 e. The maximum atomic E-state index is 12.8. The van der Waals surface area contributed by atoms with Crippen molar-refractivity contribution in [1.29, 1.82) is 0 Å². The first kappa shape index (κ1) is 20.4. The molecule has 0 unspecified atom stereocenters. The molecule has 1 fully saturated rings. The summed E-state index contributed by atoms with van der Waals surface area (Å²) in [6.07, 6.45) is 8.86. The number of hydrogen-bond donors (Lipinski definition) is 1. The number of aryl methyl sites for hydroxylation is 1. The molecule has 0 aromatic heterocycles. The minimum Gasteiger partial charge on any atom is -0.270 e. The van der Waals surface area contributed by atoms with Gasteiger partial charge in [-0.3, -0.25) is 4.31 Å². The number of benzene rings is 1. The van der Waals surface area contributed by atoms with E-state index < -0.39 is 20.0 Å². The van der Waals surface area contributed by atoms with Gasteiger partial charge in [-0.1, -0.05) is 17.7 Å². The fraction of sp³-hybridized carbons (Fsp3) is 0.579.